The van der Waals surface area contributed by atoms with E-state index in [1.54, 1.807) is 19.1 Å². The zero-order valence-electron chi connectivity index (χ0n) is 14.8. The van der Waals surface area contributed by atoms with Gasteiger partial charge in [0, 0.05) is 16.5 Å². The van der Waals surface area contributed by atoms with Crippen LogP contribution in [0.1, 0.15) is 23.1 Å². The standard InChI is InChI=1S/C19H22O8/c1-8-12(25-19-16(23)15(22)14(21)13(7-20)26-19)6-5-10-9-3-2-4-11(9)18(24)27-17(8)10/h5-6,13-16,19-23H,2-4,7H2,1H3/t13-,14-,15+,16-,19-/m1/s1. The van der Waals surface area contributed by atoms with Crippen LogP contribution >= 0.6 is 0 Å². The lowest BCUT2D eigenvalue weighted by atomic mass is 9.99. The average molecular weight is 378 g/mol. The number of rotatable bonds is 3. The molecule has 8 nitrogen and oxygen atoms in total. The van der Waals surface area contributed by atoms with Gasteiger partial charge in [-0.3, -0.25) is 0 Å². The molecular weight excluding hydrogens is 356 g/mol. The summed E-state index contributed by atoms with van der Waals surface area (Å²) in [6.07, 6.45) is -4.38. The molecule has 27 heavy (non-hydrogen) atoms. The van der Waals surface area contributed by atoms with Crippen LogP contribution in [-0.4, -0.2) is 57.7 Å². The maximum Gasteiger partial charge on any atom is 0.339 e. The van der Waals surface area contributed by atoms with Gasteiger partial charge in [-0.25, -0.2) is 4.79 Å². The Labute approximate surface area is 154 Å². The number of fused-ring (bicyclic) bond motifs is 3. The fourth-order valence-corrected chi connectivity index (χ4v) is 3.88. The minimum Gasteiger partial charge on any atom is -0.462 e. The lowest BCUT2D eigenvalue weighted by molar-refractivity contribution is -0.277. The summed E-state index contributed by atoms with van der Waals surface area (Å²) in [5.41, 5.74) is 2.37. The van der Waals surface area contributed by atoms with Crippen molar-refractivity contribution in [3.8, 4) is 5.75 Å². The number of hydrogen-bond acceptors (Lipinski definition) is 8. The lowest BCUT2D eigenvalue weighted by Gasteiger charge is -2.39. The molecule has 2 aromatic rings. The van der Waals surface area contributed by atoms with Crippen molar-refractivity contribution >= 4 is 11.0 Å². The Morgan fingerprint density at radius 1 is 1.11 bits per heavy atom. The van der Waals surface area contributed by atoms with E-state index in [9.17, 15) is 25.2 Å². The SMILES string of the molecule is Cc1c(O[C@@H]2O[C@H](CO)[C@@H](O)[C@H](O)[C@H]2O)ccc2c3c(c(=O)oc12)CCC3. The highest BCUT2D eigenvalue weighted by atomic mass is 16.7. The van der Waals surface area contributed by atoms with Crippen LogP contribution in [0.5, 0.6) is 5.75 Å². The molecule has 1 saturated heterocycles. The molecule has 0 spiro atoms. The largest absolute Gasteiger partial charge is 0.462 e. The summed E-state index contributed by atoms with van der Waals surface area (Å²) in [5.74, 6) is 0.313. The fraction of sp³-hybridized carbons (Fsp3) is 0.526. The van der Waals surface area contributed by atoms with E-state index in [0.29, 0.717) is 16.9 Å². The average Bonchev–Trinajstić information content (AvgIpc) is 3.15. The van der Waals surface area contributed by atoms with E-state index < -0.39 is 37.3 Å². The van der Waals surface area contributed by atoms with E-state index in [1.165, 1.54) is 0 Å². The molecule has 1 aliphatic heterocycles. The summed E-state index contributed by atoms with van der Waals surface area (Å²) >= 11 is 0. The number of aliphatic hydroxyl groups excluding tert-OH is 4. The molecule has 0 unspecified atom stereocenters. The Hall–Kier alpha value is -1.97. The Bertz CT molecular complexity index is 918. The minimum atomic E-state index is -1.53. The van der Waals surface area contributed by atoms with Crippen molar-refractivity contribution in [1.82, 2.24) is 0 Å². The van der Waals surface area contributed by atoms with Crippen molar-refractivity contribution in [3.05, 3.63) is 39.2 Å². The molecular formula is C19H22O8. The summed E-state index contributed by atoms with van der Waals surface area (Å²) in [5, 5.41) is 40.0. The number of hydrogen-bond donors (Lipinski definition) is 4. The van der Waals surface area contributed by atoms with E-state index in [-0.39, 0.29) is 5.63 Å². The smallest absolute Gasteiger partial charge is 0.339 e. The van der Waals surface area contributed by atoms with Crippen molar-refractivity contribution in [3.63, 3.8) is 0 Å². The first-order valence-electron chi connectivity index (χ1n) is 8.97. The molecule has 0 bridgehead atoms. The second kappa shape index (κ2) is 6.88. The summed E-state index contributed by atoms with van der Waals surface area (Å²) in [6, 6.07) is 3.49. The van der Waals surface area contributed by atoms with Gasteiger partial charge in [0.05, 0.1) is 6.61 Å². The second-order valence-corrected chi connectivity index (χ2v) is 7.08. The van der Waals surface area contributed by atoms with Gasteiger partial charge in [-0.15, -0.1) is 0 Å². The molecule has 8 heteroatoms. The zero-order chi connectivity index (χ0) is 19.3. The van der Waals surface area contributed by atoms with Crippen LogP contribution in [0.2, 0.25) is 0 Å². The first-order valence-corrected chi connectivity index (χ1v) is 8.97. The van der Waals surface area contributed by atoms with Gasteiger partial charge in [-0.1, -0.05) is 0 Å². The van der Waals surface area contributed by atoms with Gasteiger partial charge in [0.25, 0.3) is 0 Å². The maximum atomic E-state index is 12.2. The van der Waals surface area contributed by atoms with Gasteiger partial charge in [-0.2, -0.15) is 0 Å². The van der Waals surface area contributed by atoms with E-state index in [0.717, 1.165) is 35.8 Å². The Balaban J connectivity index is 1.70. The molecule has 4 N–H and O–H groups in total. The van der Waals surface area contributed by atoms with Crippen LogP contribution in [0, 0.1) is 6.92 Å². The minimum absolute atomic E-state index is 0.313. The monoisotopic (exact) mass is 378 g/mol. The molecule has 5 atom stereocenters. The lowest BCUT2D eigenvalue weighted by Crippen LogP contribution is -2.60. The van der Waals surface area contributed by atoms with Crippen molar-refractivity contribution in [2.24, 2.45) is 0 Å². The van der Waals surface area contributed by atoms with Gasteiger partial charge in [0.2, 0.25) is 6.29 Å². The molecule has 2 heterocycles. The number of benzene rings is 1. The van der Waals surface area contributed by atoms with E-state index in [4.69, 9.17) is 13.9 Å². The first kappa shape index (κ1) is 18.4. The normalized spacial score (nSPS) is 30.5. The van der Waals surface area contributed by atoms with Crippen LogP contribution in [-0.2, 0) is 17.6 Å². The van der Waals surface area contributed by atoms with Gasteiger partial charge >= 0.3 is 5.63 Å². The summed E-state index contributed by atoms with van der Waals surface area (Å²) in [6.45, 7) is 1.19. The second-order valence-electron chi connectivity index (χ2n) is 7.08. The summed E-state index contributed by atoms with van der Waals surface area (Å²) < 4.78 is 16.6. The van der Waals surface area contributed by atoms with Crippen molar-refractivity contribution < 1.29 is 34.3 Å². The predicted octanol–water partition coefficient (Wildman–Crippen LogP) is -0.231. The molecule has 1 fully saturated rings. The molecule has 0 amide bonds. The molecule has 1 aromatic heterocycles. The predicted molar refractivity (Wildman–Crippen MR) is 93.6 cm³/mol. The highest BCUT2D eigenvalue weighted by Gasteiger charge is 2.44. The van der Waals surface area contributed by atoms with Crippen molar-refractivity contribution in [1.29, 1.82) is 0 Å². The summed E-state index contributed by atoms with van der Waals surface area (Å²) in [4.78, 5) is 12.2. The third-order valence-electron chi connectivity index (χ3n) is 5.43. The first-order chi connectivity index (χ1) is 12.9. The Kier molecular flexibility index (Phi) is 4.69. The molecule has 0 saturated carbocycles. The molecule has 1 aromatic carbocycles. The highest BCUT2D eigenvalue weighted by Crippen LogP contribution is 2.34. The Morgan fingerprint density at radius 2 is 1.85 bits per heavy atom. The van der Waals surface area contributed by atoms with Gasteiger partial charge < -0.3 is 34.3 Å². The maximum absolute atomic E-state index is 12.2. The van der Waals surface area contributed by atoms with Crippen LogP contribution in [0.3, 0.4) is 0 Å². The van der Waals surface area contributed by atoms with Crippen LogP contribution in [0.4, 0.5) is 0 Å². The van der Waals surface area contributed by atoms with Crippen molar-refractivity contribution in [2.45, 2.75) is 56.9 Å². The fourth-order valence-electron chi connectivity index (χ4n) is 3.88. The van der Waals surface area contributed by atoms with Gasteiger partial charge in [0.1, 0.15) is 35.7 Å². The van der Waals surface area contributed by atoms with E-state index in [2.05, 4.69) is 0 Å². The van der Waals surface area contributed by atoms with Crippen LogP contribution < -0.4 is 10.4 Å². The topological polar surface area (TPSA) is 130 Å². The Morgan fingerprint density at radius 3 is 2.59 bits per heavy atom. The third-order valence-corrected chi connectivity index (χ3v) is 5.43. The molecule has 0 radical (unpaired) electrons. The quantitative estimate of drug-likeness (QED) is 0.539. The third kappa shape index (κ3) is 2.94. The highest BCUT2D eigenvalue weighted by molar-refractivity contribution is 5.86. The van der Waals surface area contributed by atoms with Crippen LogP contribution in [0.25, 0.3) is 11.0 Å². The zero-order valence-corrected chi connectivity index (χ0v) is 14.8. The number of aliphatic hydroxyl groups is 4. The number of ether oxygens (including phenoxy) is 2. The summed E-state index contributed by atoms with van der Waals surface area (Å²) in [7, 11) is 0. The molecule has 146 valence electrons. The number of aryl methyl sites for hydroxylation is 2. The van der Waals surface area contributed by atoms with Gasteiger partial charge in [0.15, 0.2) is 0 Å². The molecule has 2 aliphatic rings. The molecule has 1 aliphatic carbocycles. The van der Waals surface area contributed by atoms with E-state index >= 15 is 0 Å². The van der Waals surface area contributed by atoms with E-state index in [1.807, 2.05) is 0 Å². The van der Waals surface area contributed by atoms with Crippen molar-refractivity contribution in [2.75, 3.05) is 6.61 Å². The van der Waals surface area contributed by atoms with Crippen LogP contribution in [0.15, 0.2) is 21.3 Å². The molecule has 4 rings (SSSR count). The van der Waals surface area contributed by atoms with Gasteiger partial charge in [-0.05, 0) is 43.9 Å².